The van der Waals surface area contributed by atoms with Crippen LogP contribution < -0.4 is 4.72 Å². The van der Waals surface area contributed by atoms with Crippen LogP contribution in [0.4, 0.5) is 4.39 Å². The Hall–Kier alpha value is -0.540. The van der Waals surface area contributed by atoms with Gasteiger partial charge in [-0.2, -0.15) is 0 Å². The molecule has 0 fully saturated rings. The Labute approximate surface area is 126 Å². The van der Waals surface area contributed by atoms with Crippen molar-refractivity contribution >= 4 is 26.0 Å². The molecule has 1 aromatic rings. The summed E-state index contributed by atoms with van der Waals surface area (Å²) in [6.07, 6.45) is 0.530. The average molecular weight is 370 g/mol. The van der Waals surface area contributed by atoms with E-state index in [4.69, 9.17) is 9.47 Å². The number of nitrogens with one attached hydrogen (secondary N) is 1. The fraction of sp³-hybridized carbons (Fsp3) is 0.500. The highest BCUT2D eigenvalue weighted by Gasteiger charge is 2.15. The quantitative estimate of drug-likeness (QED) is 0.675. The molecule has 0 spiro atoms. The second-order valence-corrected chi connectivity index (χ2v) is 6.55. The highest BCUT2D eigenvalue weighted by Crippen LogP contribution is 2.19. The molecule has 0 aliphatic carbocycles. The normalized spacial score (nSPS) is 11.8. The molecule has 5 nitrogen and oxygen atoms in total. The van der Waals surface area contributed by atoms with E-state index in [0.717, 1.165) is 6.07 Å². The van der Waals surface area contributed by atoms with Gasteiger partial charge in [0.15, 0.2) is 0 Å². The van der Waals surface area contributed by atoms with Crippen molar-refractivity contribution in [2.75, 3.05) is 33.5 Å². The molecule has 0 saturated carbocycles. The van der Waals surface area contributed by atoms with Gasteiger partial charge in [-0.3, -0.25) is 0 Å². The van der Waals surface area contributed by atoms with E-state index in [-0.39, 0.29) is 15.9 Å². The Kier molecular flexibility index (Phi) is 7.60. The maximum Gasteiger partial charge on any atom is 0.240 e. The number of sulfonamides is 1. The summed E-state index contributed by atoms with van der Waals surface area (Å²) >= 11 is 2.97. The molecule has 0 unspecified atom stereocenters. The lowest BCUT2D eigenvalue weighted by Crippen LogP contribution is -2.25. The molecule has 1 N–H and O–H groups in total. The standard InChI is InChI=1S/C12H17BrFNO4S/c1-18-7-8-19-6-2-5-15-20(16,17)10-3-4-11(13)12(14)9-10/h3-4,9,15H,2,5-8H2,1H3. The summed E-state index contributed by atoms with van der Waals surface area (Å²) in [4.78, 5) is -0.0986. The number of rotatable bonds is 9. The third kappa shape index (κ3) is 5.84. The van der Waals surface area contributed by atoms with E-state index in [1.165, 1.54) is 12.1 Å². The van der Waals surface area contributed by atoms with Crippen molar-refractivity contribution in [2.24, 2.45) is 0 Å². The minimum Gasteiger partial charge on any atom is -0.382 e. The number of hydrogen-bond donors (Lipinski definition) is 1. The molecule has 0 heterocycles. The molecular weight excluding hydrogens is 353 g/mol. The maximum absolute atomic E-state index is 13.3. The Morgan fingerprint density at radius 2 is 2.05 bits per heavy atom. The van der Waals surface area contributed by atoms with Crippen LogP contribution in [-0.4, -0.2) is 41.9 Å². The van der Waals surface area contributed by atoms with E-state index < -0.39 is 15.8 Å². The zero-order valence-corrected chi connectivity index (χ0v) is 13.5. The lowest BCUT2D eigenvalue weighted by molar-refractivity contribution is 0.0699. The van der Waals surface area contributed by atoms with Gasteiger partial charge in [0.1, 0.15) is 5.82 Å². The highest BCUT2D eigenvalue weighted by atomic mass is 79.9. The largest absolute Gasteiger partial charge is 0.382 e. The number of methoxy groups -OCH3 is 1. The second kappa shape index (κ2) is 8.68. The monoisotopic (exact) mass is 369 g/mol. The molecule has 8 heteroatoms. The fourth-order valence-corrected chi connectivity index (χ4v) is 2.68. The van der Waals surface area contributed by atoms with Crippen LogP contribution in [0.15, 0.2) is 27.6 Å². The van der Waals surface area contributed by atoms with Crippen LogP contribution in [0.25, 0.3) is 0 Å². The summed E-state index contributed by atoms with van der Waals surface area (Å²) < 4.78 is 49.7. The summed E-state index contributed by atoms with van der Waals surface area (Å²) in [5.74, 6) is -0.615. The molecule has 0 radical (unpaired) electrons. The minimum atomic E-state index is -3.69. The van der Waals surface area contributed by atoms with E-state index in [0.29, 0.717) is 26.2 Å². The van der Waals surface area contributed by atoms with E-state index >= 15 is 0 Å². The predicted molar refractivity (Wildman–Crippen MR) is 76.6 cm³/mol. The first-order valence-electron chi connectivity index (χ1n) is 5.99. The van der Waals surface area contributed by atoms with Crippen molar-refractivity contribution in [2.45, 2.75) is 11.3 Å². The number of ether oxygens (including phenoxy) is 2. The zero-order valence-electron chi connectivity index (χ0n) is 11.1. The minimum absolute atomic E-state index is 0.0986. The van der Waals surface area contributed by atoms with E-state index in [1.807, 2.05) is 0 Å². The van der Waals surface area contributed by atoms with Gasteiger partial charge in [0, 0.05) is 20.3 Å². The van der Waals surface area contributed by atoms with Gasteiger partial charge in [0.05, 0.1) is 22.6 Å². The number of halogens is 2. The van der Waals surface area contributed by atoms with Crippen molar-refractivity contribution in [1.82, 2.24) is 4.72 Å². The lowest BCUT2D eigenvalue weighted by Gasteiger charge is -2.07. The third-order valence-corrected chi connectivity index (χ3v) is 4.49. The van der Waals surface area contributed by atoms with Crippen molar-refractivity contribution in [1.29, 1.82) is 0 Å². The van der Waals surface area contributed by atoms with Crippen LogP contribution in [0.3, 0.4) is 0 Å². The van der Waals surface area contributed by atoms with Crippen LogP contribution in [0.1, 0.15) is 6.42 Å². The fourth-order valence-electron chi connectivity index (χ4n) is 1.35. The van der Waals surface area contributed by atoms with E-state index in [2.05, 4.69) is 20.7 Å². The van der Waals surface area contributed by atoms with Crippen LogP contribution in [0.2, 0.25) is 0 Å². The molecule has 0 bridgehead atoms. The van der Waals surface area contributed by atoms with Crippen LogP contribution in [0.5, 0.6) is 0 Å². The first kappa shape index (κ1) is 17.5. The van der Waals surface area contributed by atoms with Gasteiger partial charge >= 0.3 is 0 Å². The molecule has 0 aliphatic heterocycles. The molecule has 0 aromatic heterocycles. The second-order valence-electron chi connectivity index (χ2n) is 3.93. The van der Waals surface area contributed by atoms with Crippen LogP contribution in [0, 0.1) is 5.82 Å². The molecule has 1 aromatic carbocycles. The first-order chi connectivity index (χ1) is 9.47. The topological polar surface area (TPSA) is 64.6 Å². The molecule has 0 amide bonds. The van der Waals surface area contributed by atoms with Crippen LogP contribution >= 0.6 is 15.9 Å². The molecule has 0 atom stereocenters. The molecular formula is C12H17BrFNO4S. The molecule has 114 valence electrons. The van der Waals surface area contributed by atoms with Gasteiger partial charge in [0.25, 0.3) is 0 Å². The molecule has 1 rings (SSSR count). The van der Waals surface area contributed by atoms with Crippen LogP contribution in [-0.2, 0) is 19.5 Å². The van der Waals surface area contributed by atoms with Crippen molar-refractivity contribution < 1.29 is 22.3 Å². The van der Waals surface area contributed by atoms with E-state index in [9.17, 15) is 12.8 Å². The number of hydrogen-bond acceptors (Lipinski definition) is 4. The Morgan fingerprint density at radius 1 is 1.30 bits per heavy atom. The smallest absolute Gasteiger partial charge is 0.240 e. The van der Waals surface area contributed by atoms with Crippen molar-refractivity contribution in [3.05, 3.63) is 28.5 Å². The Morgan fingerprint density at radius 3 is 2.70 bits per heavy atom. The van der Waals surface area contributed by atoms with Gasteiger partial charge in [-0.25, -0.2) is 17.5 Å². The predicted octanol–water partition coefficient (Wildman–Crippen LogP) is 1.92. The lowest BCUT2D eigenvalue weighted by atomic mass is 10.3. The Balaban J connectivity index is 2.40. The summed E-state index contributed by atoms with van der Waals surface area (Å²) in [7, 11) is -2.11. The van der Waals surface area contributed by atoms with Gasteiger partial charge in [-0.15, -0.1) is 0 Å². The number of benzene rings is 1. The molecule has 20 heavy (non-hydrogen) atoms. The van der Waals surface area contributed by atoms with Gasteiger partial charge in [-0.05, 0) is 40.5 Å². The third-order valence-electron chi connectivity index (χ3n) is 2.39. The average Bonchev–Trinajstić information content (AvgIpc) is 2.40. The maximum atomic E-state index is 13.3. The summed E-state index contributed by atoms with van der Waals surface area (Å²) in [5, 5.41) is 0. The van der Waals surface area contributed by atoms with E-state index in [1.54, 1.807) is 7.11 Å². The first-order valence-corrected chi connectivity index (χ1v) is 8.26. The van der Waals surface area contributed by atoms with Crippen molar-refractivity contribution in [3.8, 4) is 0 Å². The highest BCUT2D eigenvalue weighted by molar-refractivity contribution is 9.10. The SMILES string of the molecule is COCCOCCCNS(=O)(=O)c1ccc(Br)c(F)c1. The Bertz CT molecular complexity index is 524. The summed E-state index contributed by atoms with van der Waals surface area (Å²) in [5.41, 5.74) is 0. The zero-order chi connectivity index (χ0) is 15.0. The molecule has 0 aliphatic rings. The van der Waals surface area contributed by atoms with Gasteiger partial charge in [0.2, 0.25) is 10.0 Å². The van der Waals surface area contributed by atoms with Gasteiger partial charge in [-0.1, -0.05) is 0 Å². The van der Waals surface area contributed by atoms with Gasteiger partial charge < -0.3 is 9.47 Å². The van der Waals surface area contributed by atoms with Crippen molar-refractivity contribution in [3.63, 3.8) is 0 Å². The summed E-state index contributed by atoms with van der Waals surface area (Å²) in [6.45, 7) is 1.64. The molecule has 0 saturated heterocycles. The summed E-state index contributed by atoms with van der Waals surface area (Å²) in [6, 6.07) is 3.67.